The van der Waals surface area contributed by atoms with Gasteiger partial charge in [-0.1, -0.05) is 84.9 Å². The minimum atomic E-state index is -3.20. The Morgan fingerprint density at radius 2 is 1.15 bits per heavy atom. The summed E-state index contributed by atoms with van der Waals surface area (Å²) in [5, 5.41) is 13.0. The maximum absolute atomic E-state index is 12.1. The molecule has 1 saturated heterocycles. The van der Waals surface area contributed by atoms with Gasteiger partial charge in [-0.25, -0.2) is 0 Å². The average molecular weight is 477 g/mol. The molecule has 1 aliphatic heterocycles. The Hall–Kier alpha value is -2.28. The van der Waals surface area contributed by atoms with Crippen molar-refractivity contribution in [2.45, 2.75) is 64.3 Å². The fraction of sp³-hybridized carbons (Fsp3) is 0.379. The molecule has 4 rings (SSSR count). The first-order valence-corrected chi connectivity index (χ1v) is 13.8. The van der Waals surface area contributed by atoms with Crippen molar-refractivity contribution < 1.29 is 18.4 Å². The van der Waals surface area contributed by atoms with Crippen molar-refractivity contribution in [1.29, 1.82) is 0 Å². The lowest BCUT2D eigenvalue weighted by Gasteiger charge is -2.37. The topological polar surface area (TPSA) is 47.9 Å². The molecule has 5 heteroatoms. The normalized spacial score (nSPS) is 19.4. The molecule has 0 saturated carbocycles. The van der Waals surface area contributed by atoms with E-state index in [1.54, 1.807) is 0 Å². The van der Waals surface area contributed by atoms with Crippen molar-refractivity contribution >= 4 is 14.0 Å². The highest BCUT2D eigenvalue weighted by Gasteiger charge is 2.53. The average Bonchev–Trinajstić information content (AvgIpc) is 2.93. The van der Waals surface area contributed by atoms with Crippen LogP contribution in [-0.4, -0.2) is 31.7 Å². The molecule has 1 N–H and O–H groups in total. The van der Waals surface area contributed by atoms with Crippen LogP contribution in [0, 0.1) is 0 Å². The molecule has 180 valence electrons. The fourth-order valence-electron chi connectivity index (χ4n) is 4.68. The van der Waals surface area contributed by atoms with Gasteiger partial charge in [0, 0.05) is 11.8 Å². The SMILES string of the molecule is CCO[Si]1(c2ccc(C(O)(c3ccccc3)c3ccccc3)cc2)OC(C)(C)CCC(C)(C)O1. The van der Waals surface area contributed by atoms with Crippen LogP contribution >= 0.6 is 0 Å². The van der Waals surface area contributed by atoms with Crippen LogP contribution < -0.4 is 5.19 Å². The molecular formula is C29H36O4Si. The number of rotatable bonds is 6. The van der Waals surface area contributed by atoms with E-state index < -0.39 is 14.4 Å². The van der Waals surface area contributed by atoms with E-state index in [9.17, 15) is 5.11 Å². The lowest BCUT2D eigenvalue weighted by atomic mass is 9.80. The van der Waals surface area contributed by atoms with Crippen LogP contribution in [0.4, 0.5) is 0 Å². The first-order valence-electron chi connectivity index (χ1n) is 12.1. The van der Waals surface area contributed by atoms with Crippen molar-refractivity contribution in [2.75, 3.05) is 6.61 Å². The van der Waals surface area contributed by atoms with Crippen LogP contribution in [0.2, 0.25) is 0 Å². The Morgan fingerprint density at radius 1 is 0.735 bits per heavy atom. The van der Waals surface area contributed by atoms with Crippen molar-refractivity contribution in [1.82, 2.24) is 0 Å². The van der Waals surface area contributed by atoms with E-state index in [-0.39, 0.29) is 11.2 Å². The third-order valence-corrected chi connectivity index (χ3v) is 9.88. The summed E-state index contributed by atoms with van der Waals surface area (Å²) in [7, 11) is -3.20. The predicted molar refractivity (Wildman–Crippen MR) is 138 cm³/mol. The monoisotopic (exact) mass is 476 g/mol. The van der Waals surface area contributed by atoms with Crippen LogP contribution in [0.25, 0.3) is 0 Å². The van der Waals surface area contributed by atoms with Crippen LogP contribution in [0.15, 0.2) is 84.9 Å². The van der Waals surface area contributed by atoms with E-state index in [4.69, 9.17) is 13.3 Å². The zero-order valence-corrected chi connectivity index (χ0v) is 21.9. The molecule has 0 spiro atoms. The highest BCUT2D eigenvalue weighted by molar-refractivity contribution is 6.75. The summed E-state index contributed by atoms with van der Waals surface area (Å²) < 4.78 is 19.7. The van der Waals surface area contributed by atoms with Crippen molar-refractivity contribution in [3.05, 3.63) is 102 Å². The highest BCUT2D eigenvalue weighted by Crippen LogP contribution is 2.38. The van der Waals surface area contributed by atoms with Crippen LogP contribution in [0.3, 0.4) is 0 Å². The van der Waals surface area contributed by atoms with E-state index in [0.29, 0.717) is 6.61 Å². The second-order valence-electron chi connectivity index (χ2n) is 10.2. The summed E-state index contributed by atoms with van der Waals surface area (Å²) >= 11 is 0. The van der Waals surface area contributed by atoms with E-state index in [0.717, 1.165) is 34.7 Å². The maximum Gasteiger partial charge on any atom is 0.538 e. The van der Waals surface area contributed by atoms with Gasteiger partial charge in [0.1, 0.15) is 5.60 Å². The third kappa shape index (κ3) is 4.90. The first-order chi connectivity index (χ1) is 16.1. The van der Waals surface area contributed by atoms with E-state index >= 15 is 0 Å². The Kier molecular flexibility index (Phi) is 6.87. The summed E-state index contributed by atoms with van der Waals surface area (Å²) in [6, 6.07) is 27.5. The van der Waals surface area contributed by atoms with E-state index in [1.165, 1.54) is 0 Å². The Labute approximate surface area is 204 Å². The van der Waals surface area contributed by atoms with Gasteiger partial charge in [-0.15, -0.1) is 0 Å². The third-order valence-electron chi connectivity index (χ3n) is 6.52. The summed E-state index contributed by atoms with van der Waals surface area (Å²) in [5.74, 6) is 0. The molecule has 1 heterocycles. The smallest absolute Gasteiger partial charge is 0.376 e. The molecule has 1 fully saturated rings. The quantitative estimate of drug-likeness (QED) is 0.375. The van der Waals surface area contributed by atoms with Crippen LogP contribution in [0.1, 0.15) is 64.2 Å². The molecule has 34 heavy (non-hydrogen) atoms. The van der Waals surface area contributed by atoms with Gasteiger partial charge in [0.2, 0.25) is 0 Å². The molecule has 3 aromatic carbocycles. The standard InChI is InChI=1S/C29H36O4Si/c1-6-31-34(32-27(2,3)21-22-28(4,5)33-34)26-19-17-25(18-20-26)29(30,23-13-9-7-10-14-23)24-15-11-8-12-16-24/h7-20,30H,6,21-22H2,1-5H3. The van der Waals surface area contributed by atoms with Gasteiger partial charge < -0.3 is 18.4 Å². The van der Waals surface area contributed by atoms with Crippen molar-refractivity contribution in [3.63, 3.8) is 0 Å². The summed E-state index contributed by atoms with van der Waals surface area (Å²) in [6.07, 6.45) is 1.78. The Morgan fingerprint density at radius 3 is 1.56 bits per heavy atom. The van der Waals surface area contributed by atoms with Gasteiger partial charge in [-0.05, 0) is 64.2 Å². The highest BCUT2D eigenvalue weighted by atomic mass is 28.4. The number of benzene rings is 3. The molecule has 0 atom stereocenters. The maximum atomic E-state index is 12.1. The largest absolute Gasteiger partial charge is 0.538 e. The second kappa shape index (κ2) is 9.40. The number of hydrogen-bond donors (Lipinski definition) is 1. The van der Waals surface area contributed by atoms with Gasteiger partial charge in [0.05, 0.1) is 11.2 Å². The zero-order valence-electron chi connectivity index (χ0n) is 20.9. The molecule has 4 nitrogen and oxygen atoms in total. The predicted octanol–water partition coefficient (Wildman–Crippen LogP) is 5.54. The fourth-order valence-corrected chi connectivity index (χ4v) is 7.85. The van der Waals surface area contributed by atoms with E-state index in [1.807, 2.05) is 91.9 Å². The molecule has 1 aliphatic rings. The minimum Gasteiger partial charge on any atom is -0.376 e. The van der Waals surface area contributed by atoms with Gasteiger partial charge in [-0.3, -0.25) is 0 Å². The van der Waals surface area contributed by atoms with Crippen LogP contribution in [0.5, 0.6) is 0 Å². The summed E-state index contributed by atoms with van der Waals surface area (Å²) in [4.78, 5) is 0. The molecule has 0 aliphatic carbocycles. The van der Waals surface area contributed by atoms with Crippen molar-refractivity contribution in [2.24, 2.45) is 0 Å². The molecule has 0 aromatic heterocycles. The lowest BCUT2D eigenvalue weighted by molar-refractivity contribution is -0.0115. The number of hydrogen-bond acceptors (Lipinski definition) is 4. The zero-order chi connectivity index (χ0) is 24.5. The molecule has 0 amide bonds. The molecule has 3 aromatic rings. The molecule has 0 unspecified atom stereocenters. The first kappa shape index (κ1) is 24.8. The van der Waals surface area contributed by atoms with Crippen LogP contribution in [-0.2, 0) is 18.9 Å². The van der Waals surface area contributed by atoms with E-state index in [2.05, 4.69) is 27.7 Å². The lowest BCUT2D eigenvalue weighted by Crippen LogP contribution is -2.61. The minimum absolute atomic E-state index is 0.358. The Bertz CT molecular complexity index is 1020. The molecule has 0 bridgehead atoms. The van der Waals surface area contributed by atoms with Gasteiger partial charge >= 0.3 is 8.80 Å². The van der Waals surface area contributed by atoms with Gasteiger partial charge in [-0.2, -0.15) is 0 Å². The van der Waals surface area contributed by atoms with Gasteiger partial charge in [0.15, 0.2) is 0 Å². The second-order valence-corrected chi connectivity index (χ2v) is 12.6. The van der Waals surface area contributed by atoms with Gasteiger partial charge in [0.25, 0.3) is 0 Å². The molecular weight excluding hydrogens is 440 g/mol. The summed E-state index contributed by atoms with van der Waals surface area (Å²) in [6.45, 7) is 10.9. The Balaban J connectivity index is 1.81. The number of aliphatic hydroxyl groups is 1. The van der Waals surface area contributed by atoms with Crippen molar-refractivity contribution in [3.8, 4) is 0 Å². The summed E-state index contributed by atoms with van der Waals surface area (Å²) in [5.41, 5.74) is 0.405. The molecule has 0 radical (unpaired) electrons.